The van der Waals surface area contributed by atoms with Crippen LogP contribution in [0.3, 0.4) is 0 Å². The highest BCUT2D eigenvalue weighted by molar-refractivity contribution is 6.01. The van der Waals surface area contributed by atoms with Crippen LogP contribution in [0.4, 0.5) is 5.69 Å². The van der Waals surface area contributed by atoms with Gasteiger partial charge in [0.25, 0.3) is 5.91 Å². The second-order valence-electron chi connectivity index (χ2n) is 5.74. The van der Waals surface area contributed by atoms with Gasteiger partial charge in [0.2, 0.25) is 0 Å². The van der Waals surface area contributed by atoms with Gasteiger partial charge in [-0.3, -0.25) is 9.59 Å². The number of amides is 1. The summed E-state index contributed by atoms with van der Waals surface area (Å²) in [6.45, 7) is 1.43. The van der Waals surface area contributed by atoms with Crippen LogP contribution in [-0.4, -0.2) is 38.7 Å². The van der Waals surface area contributed by atoms with Crippen molar-refractivity contribution in [3.8, 4) is 5.75 Å². The van der Waals surface area contributed by atoms with Crippen LogP contribution in [0, 0.1) is 6.92 Å². The van der Waals surface area contributed by atoms with E-state index in [1.807, 2.05) is 19.1 Å². The highest BCUT2D eigenvalue weighted by atomic mass is 16.5. The molecule has 27 heavy (non-hydrogen) atoms. The zero-order valence-electron chi connectivity index (χ0n) is 15.4. The lowest BCUT2D eigenvalue weighted by molar-refractivity contribution is -0.146. The van der Waals surface area contributed by atoms with Crippen molar-refractivity contribution < 1.29 is 28.6 Å². The molecule has 0 aliphatic carbocycles. The average Bonchev–Trinajstić information content (AvgIpc) is 2.66. The number of ether oxygens (including phenoxy) is 3. The van der Waals surface area contributed by atoms with Gasteiger partial charge < -0.3 is 19.5 Å². The Morgan fingerprint density at radius 1 is 1.04 bits per heavy atom. The van der Waals surface area contributed by atoms with Gasteiger partial charge in [0.1, 0.15) is 5.75 Å². The van der Waals surface area contributed by atoms with E-state index in [1.54, 1.807) is 24.3 Å². The van der Waals surface area contributed by atoms with Crippen LogP contribution < -0.4 is 10.1 Å². The molecule has 0 fully saturated rings. The van der Waals surface area contributed by atoms with Gasteiger partial charge in [0.05, 0.1) is 31.9 Å². The minimum Gasteiger partial charge on any atom is -0.496 e. The summed E-state index contributed by atoms with van der Waals surface area (Å²) >= 11 is 0. The van der Waals surface area contributed by atoms with E-state index in [9.17, 15) is 14.4 Å². The summed E-state index contributed by atoms with van der Waals surface area (Å²) in [6, 6.07) is 11.9. The zero-order chi connectivity index (χ0) is 19.8. The van der Waals surface area contributed by atoms with Crippen molar-refractivity contribution in [2.45, 2.75) is 13.3 Å². The molecule has 0 bridgehead atoms. The molecule has 7 nitrogen and oxygen atoms in total. The number of rotatable bonds is 7. The maximum atomic E-state index is 12.0. The molecule has 0 aliphatic heterocycles. The normalized spacial score (nSPS) is 10.0. The number of carbonyl (C=O) groups is 3. The lowest BCUT2D eigenvalue weighted by Crippen LogP contribution is -2.23. The molecule has 1 N–H and O–H groups in total. The van der Waals surface area contributed by atoms with Crippen molar-refractivity contribution in [1.29, 1.82) is 0 Å². The fraction of sp³-hybridized carbons (Fsp3) is 0.250. The maximum Gasteiger partial charge on any atom is 0.339 e. The van der Waals surface area contributed by atoms with Crippen LogP contribution in [0.15, 0.2) is 42.5 Å². The minimum atomic E-state index is -0.575. The molecule has 0 saturated carbocycles. The third-order valence-electron chi connectivity index (χ3n) is 3.74. The molecule has 2 aromatic rings. The quantitative estimate of drug-likeness (QED) is 0.752. The number of benzene rings is 2. The number of methoxy groups -OCH3 is 2. The summed E-state index contributed by atoms with van der Waals surface area (Å²) in [6.07, 6.45) is -0.0170. The van der Waals surface area contributed by atoms with E-state index in [1.165, 1.54) is 20.3 Å². The first-order valence-electron chi connectivity index (χ1n) is 8.21. The highest BCUT2D eigenvalue weighted by Gasteiger charge is 2.15. The molecule has 0 saturated heterocycles. The summed E-state index contributed by atoms with van der Waals surface area (Å²) in [5, 5.41) is 2.53. The molecule has 0 heterocycles. The first-order chi connectivity index (χ1) is 12.9. The third kappa shape index (κ3) is 5.57. The second kappa shape index (κ2) is 9.38. The lowest BCUT2D eigenvalue weighted by Gasteiger charge is -2.11. The largest absolute Gasteiger partial charge is 0.496 e. The second-order valence-corrected chi connectivity index (χ2v) is 5.74. The SMILES string of the molecule is COC(=O)c1ccccc1NC(=O)COC(=O)Cc1cc(C)ccc1OC. The van der Waals surface area contributed by atoms with Crippen molar-refractivity contribution >= 4 is 23.5 Å². The Morgan fingerprint density at radius 2 is 1.78 bits per heavy atom. The van der Waals surface area contributed by atoms with E-state index < -0.39 is 24.5 Å². The Bertz CT molecular complexity index is 846. The highest BCUT2D eigenvalue weighted by Crippen LogP contribution is 2.20. The minimum absolute atomic E-state index is 0.0170. The number of hydrogen-bond donors (Lipinski definition) is 1. The molecule has 0 unspecified atom stereocenters. The standard InChI is InChI=1S/C20H21NO6/c1-13-8-9-17(25-2)14(10-13)11-19(23)27-12-18(22)21-16-7-5-4-6-15(16)20(24)26-3/h4-10H,11-12H2,1-3H3,(H,21,22). The lowest BCUT2D eigenvalue weighted by atomic mass is 10.1. The average molecular weight is 371 g/mol. The number of aryl methyl sites for hydroxylation is 1. The number of para-hydroxylation sites is 1. The van der Waals surface area contributed by atoms with Crippen molar-refractivity contribution in [3.05, 3.63) is 59.2 Å². The maximum absolute atomic E-state index is 12.0. The van der Waals surface area contributed by atoms with Gasteiger partial charge in [-0.15, -0.1) is 0 Å². The van der Waals surface area contributed by atoms with E-state index in [-0.39, 0.29) is 17.7 Å². The van der Waals surface area contributed by atoms with E-state index in [2.05, 4.69) is 10.1 Å². The monoisotopic (exact) mass is 371 g/mol. The van der Waals surface area contributed by atoms with Crippen molar-refractivity contribution in [1.82, 2.24) is 0 Å². The molecule has 2 rings (SSSR count). The molecule has 2 aromatic carbocycles. The van der Waals surface area contributed by atoms with Gasteiger partial charge in [-0.05, 0) is 25.1 Å². The Balaban J connectivity index is 1.94. The molecule has 7 heteroatoms. The fourth-order valence-electron chi connectivity index (χ4n) is 2.46. The van der Waals surface area contributed by atoms with E-state index in [0.717, 1.165) is 5.56 Å². The van der Waals surface area contributed by atoms with Crippen LogP contribution in [0.2, 0.25) is 0 Å². The summed E-state index contributed by atoms with van der Waals surface area (Å²) < 4.78 is 14.9. The number of esters is 2. The number of anilines is 1. The zero-order valence-corrected chi connectivity index (χ0v) is 15.4. The van der Waals surface area contributed by atoms with Crippen molar-refractivity contribution in [2.24, 2.45) is 0 Å². The van der Waals surface area contributed by atoms with Gasteiger partial charge in [-0.2, -0.15) is 0 Å². The molecule has 0 atom stereocenters. The molecule has 0 spiro atoms. The van der Waals surface area contributed by atoms with Crippen LogP contribution in [0.5, 0.6) is 5.75 Å². The Hall–Kier alpha value is -3.35. The Morgan fingerprint density at radius 3 is 2.48 bits per heavy atom. The predicted molar refractivity (Wildman–Crippen MR) is 98.8 cm³/mol. The topological polar surface area (TPSA) is 90.9 Å². The third-order valence-corrected chi connectivity index (χ3v) is 3.74. The van der Waals surface area contributed by atoms with Gasteiger partial charge in [0, 0.05) is 5.56 Å². The smallest absolute Gasteiger partial charge is 0.339 e. The molecular formula is C20H21NO6. The summed E-state index contributed by atoms with van der Waals surface area (Å²) in [5.41, 5.74) is 2.16. The van der Waals surface area contributed by atoms with Crippen LogP contribution in [-0.2, 0) is 25.5 Å². The molecule has 142 valence electrons. The van der Waals surface area contributed by atoms with Gasteiger partial charge in [-0.1, -0.05) is 29.8 Å². The molecule has 0 radical (unpaired) electrons. The Labute approximate surface area is 157 Å². The first-order valence-corrected chi connectivity index (χ1v) is 8.21. The van der Waals surface area contributed by atoms with Crippen LogP contribution in [0.1, 0.15) is 21.5 Å². The van der Waals surface area contributed by atoms with E-state index in [4.69, 9.17) is 9.47 Å². The van der Waals surface area contributed by atoms with Gasteiger partial charge in [0.15, 0.2) is 6.61 Å². The van der Waals surface area contributed by atoms with Crippen molar-refractivity contribution in [2.75, 3.05) is 26.1 Å². The van der Waals surface area contributed by atoms with E-state index >= 15 is 0 Å². The number of hydrogen-bond acceptors (Lipinski definition) is 6. The van der Waals surface area contributed by atoms with Crippen LogP contribution >= 0.6 is 0 Å². The molecular weight excluding hydrogens is 350 g/mol. The van der Waals surface area contributed by atoms with Gasteiger partial charge in [-0.25, -0.2) is 4.79 Å². The molecule has 1 amide bonds. The van der Waals surface area contributed by atoms with Gasteiger partial charge >= 0.3 is 11.9 Å². The van der Waals surface area contributed by atoms with Crippen molar-refractivity contribution in [3.63, 3.8) is 0 Å². The van der Waals surface area contributed by atoms with E-state index in [0.29, 0.717) is 11.3 Å². The van der Waals surface area contributed by atoms with Crippen LogP contribution in [0.25, 0.3) is 0 Å². The molecule has 0 aromatic heterocycles. The predicted octanol–water partition coefficient (Wildman–Crippen LogP) is 2.51. The fourth-order valence-corrected chi connectivity index (χ4v) is 2.46. The first kappa shape index (κ1) is 20.0. The number of nitrogens with one attached hydrogen (secondary N) is 1. The summed E-state index contributed by atoms with van der Waals surface area (Å²) in [7, 11) is 2.77. The summed E-state index contributed by atoms with van der Waals surface area (Å²) in [5.74, 6) is -1.12. The molecule has 0 aliphatic rings. The Kier molecular flexibility index (Phi) is 6.93. The summed E-state index contributed by atoms with van der Waals surface area (Å²) in [4.78, 5) is 35.8. The number of carbonyl (C=O) groups excluding carboxylic acids is 3.